The number of anilines is 1. The third-order valence-electron chi connectivity index (χ3n) is 4.47. The second-order valence-electron chi connectivity index (χ2n) is 7.85. The summed E-state index contributed by atoms with van der Waals surface area (Å²) in [6, 6.07) is 12.4. The zero-order chi connectivity index (χ0) is 22.3. The third-order valence-corrected chi connectivity index (χ3v) is 4.47. The van der Waals surface area contributed by atoms with E-state index in [4.69, 9.17) is 14.2 Å². The summed E-state index contributed by atoms with van der Waals surface area (Å²) < 4.78 is 16.4. The van der Waals surface area contributed by atoms with Crippen LogP contribution >= 0.6 is 0 Å². The van der Waals surface area contributed by atoms with Crippen molar-refractivity contribution in [2.24, 2.45) is 5.92 Å². The van der Waals surface area contributed by atoms with Gasteiger partial charge < -0.3 is 19.5 Å². The number of ether oxygens (including phenoxy) is 3. The van der Waals surface area contributed by atoms with Gasteiger partial charge in [0.2, 0.25) is 0 Å². The molecule has 2 aromatic rings. The number of carbonyl (C=O) groups is 2. The molecule has 1 atom stereocenters. The number of hydrogen-bond donors (Lipinski definition) is 1. The first kappa shape index (κ1) is 23.3. The lowest BCUT2D eigenvalue weighted by Crippen LogP contribution is -2.30. The smallest absolute Gasteiger partial charge is 0.339 e. The van der Waals surface area contributed by atoms with Crippen LogP contribution in [0.5, 0.6) is 11.5 Å². The Morgan fingerprint density at radius 2 is 1.67 bits per heavy atom. The molecule has 1 N–H and O–H groups in total. The highest BCUT2D eigenvalue weighted by Gasteiger charge is 2.21. The number of carbonyl (C=O) groups excluding carboxylic acids is 2. The minimum absolute atomic E-state index is 0.253. The molecule has 0 spiro atoms. The van der Waals surface area contributed by atoms with Crippen LogP contribution < -0.4 is 14.8 Å². The van der Waals surface area contributed by atoms with E-state index < -0.39 is 12.1 Å². The van der Waals surface area contributed by atoms with Crippen LogP contribution in [0.25, 0.3) is 0 Å². The number of benzene rings is 2. The van der Waals surface area contributed by atoms with Crippen molar-refractivity contribution in [3.63, 3.8) is 0 Å². The van der Waals surface area contributed by atoms with Gasteiger partial charge in [-0.1, -0.05) is 45.9 Å². The summed E-state index contributed by atoms with van der Waals surface area (Å²) >= 11 is 0. The van der Waals surface area contributed by atoms with E-state index in [2.05, 4.69) is 19.2 Å². The Labute approximate surface area is 178 Å². The van der Waals surface area contributed by atoms with Crippen LogP contribution in [0.1, 0.15) is 56.5 Å². The fourth-order valence-electron chi connectivity index (χ4n) is 2.80. The van der Waals surface area contributed by atoms with E-state index >= 15 is 0 Å². The molecule has 0 aromatic heterocycles. The van der Waals surface area contributed by atoms with E-state index in [-0.39, 0.29) is 17.4 Å². The van der Waals surface area contributed by atoms with Gasteiger partial charge >= 0.3 is 5.97 Å². The van der Waals surface area contributed by atoms with Gasteiger partial charge in [-0.15, -0.1) is 0 Å². The average molecular weight is 414 g/mol. The average Bonchev–Trinajstić information content (AvgIpc) is 2.72. The lowest BCUT2D eigenvalue weighted by atomic mass is 10.0. The molecular weight excluding hydrogens is 382 g/mol. The summed E-state index contributed by atoms with van der Waals surface area (Å²) in [6.45, 7) is 10.3. The Bertz CT molecular complexity index is 876. The molecular formula is C24H31NO5. The number of rotatable bonds is 9. The zero-order valence-electron chi connectivity index (χ0n) is 18.5. The molecule has 6 heteroatoms. The molecule has 0 heterocycles. The van der Waals surface area contributed by atoms with Crippen molar-refractivity contribution in [1.82, 2.24) is 0 Å². The minimum atomic E-state index is -0.958. The number of hydrogen-bond acceptors (Lipinski definition) is 5. The van der Waals surface area contributed by atoms with Crippen LogP contribution in [0.3, 0.4) is 0 Å². The van der Waals surface area contributed by atoms with Gasteiger partial charge in [0.05, 0.1) is 19.3 Å². The fourth-order valence-corrected chi connectivity index (χ4v) is 2.80. The Morgan fingerprint density at radius 3 is 2.30 bits per heavy atom. The Morgan fingerprint density at radius 1 is 0.967 bits per heavy atom. The van der Waals surface area contributed by atoms with Crippen molar-refractivity contribution >= 4 is 17.6 Å². The second-order valence-corrected chi connectivity index (χ2v) is 7.85. The highest BCUT2D eigenvalue weighted by Crippen LogP contribution is 2.29. The zero-order valence-corrected chi connectivity index (χ0v) is 18.5. The molecule has 0 aliphatic rings. The van der Waals surface area contributed by atoms with E-state index in [1.165, 1.54) is 7.11 Å². The molecule has 162 valence electrons. The van der Waals surface area contributed by atoms with Gasteiger partial charge in [0.25, 0.3) is 5.91 Å². The molecule has 2 aromatic carbocycles. The van der Waals surface area contributed by atoms with Gasteiger partial charge in [-0.2, -0.15) is 0 Å². The quantitative estimate of drug-likeness (QED) is 0.583. The van der Waals surface area contributed by atoms with Gasteiger partial charge in [-0.3, -0.25) is 4.79 Å². The van der Waals surface area contributed by atoms with Crippen LogP contribution in [0, 0.1) is 5.92 Å². The summed E-state index contributed by atoms with van der Waals surface area (Å²) in [5, 5.41) is 2.85. The minimum Gasteiger partial charge on any atom is -0.493 e. The van der Waals surface area contributed by atoms with Crippen molar-refractivity contribution in [2.45, 2.75) is 46.6 Å². The molecule has 2 rings (SSSR count). The number of esters is 1. The Kier molecular flexibility index (Phi) is 8.27. The van der Waals surface area contributed by atoms with Crippen LogP contribution in [-0.2, 0) is 9.53 Å². The molecule has 30 heavy (non-hydrogen) atoms. The van der Waals surface area contributed by atoms with Crippen LogP contribution in [0.4, 0.5) is 5.69 Å². The van der Waals surface area contributed by atoms with E-state index in [1.54, 1.807) is 25.1 Å². The molecule has 0 aliphatic heterocycles. The fraction of sp³-hybridized carbons (Fsp3) is 0.417. The van der Waals surface area contributed by atoms with Crippen molar-refractivity contribution in [1.29, 1.82) is 0 Å². The highest BCUT2D eigenvalue weighted by molar-refractivity contribution is 5.98. The molecule has 0 fully saturated rings. The topological polar surface area (TPSA) is 73.9 Å². The van der Waals surface area contributed by atoms with Crippen LogP contribution in [-0.4, -0.2) is 31.7 Å². The van der Waals surface area contributed by atoms with Gasteiger partial charge in [-0.05, 0) is 48.6 Å². The summed E-state index contributed by atoms with van der Waals surface area (Å²) in [6.07, 6.45) is -0.958. The monoisotopic (exact) mass is 413 g/mol. The van der Waals surface area contributed by atoms with Crippen molar-refractivity contribution in [3.8, 4) is 11.5 Å². The first-order valence-corrected chi connectivity index (χ1v) is 10.1. The molecule has 0 saturated carbocycles. The molecule has 6 nitrogen and oxygen atoms in total. The van der Waals surface area contributed by atoms with Gasteiger partial charge in [-0.25, -0.2) is 4.79 Å². The summed E-state index contributed by atoms with van der Waals surface area (Å²) in [7, 11) is 1.51. The first-order chi connectivity index (χ1) is 14.2. The third kappa shape index (κ3) is 6.24. The van der Waals surface area contributed by atoms with Crippen LogP contribution in [0.2, 0.25) is 0 Å². The van der Waals surface area contributed by atoms with Gasteiger partial charge in [0.1, 0.15) is 0 Å². The van der Waals surface area contributed by atoms with Crippen molar-refractivity contribution < 1.29 is 23.8 Å². The maximum absolute atomic E-state index is 12.5. The normalized spacial score (nSPS) is 11.9. The number of methoxy groups -OCH3 is 1. The van der Waals surface area contributed by atoms with Crippen molar-refractivity contribution in [2.75, 3.05) is 19.0 Å². The summed E-state index contributed by atoms with van der Waals surface area (Å²) in [5.74, 6) is 0.610. The van der Waals surface area contributed by atoms with E-state index in [9.17, 15) is 9.59 Å². The number of amides is 1. The summed E-state index contributed by atoms with van der Waals surface area (Å²) in [5.41, 5.74) is 2.02. The van der Waals surface area contributed by atoms with E-state index in [0.717, 1.165) is 5.56 Å². The largest absolute Gasteiger partial charge is 0.493 e. The second kappa shape index (κ2) is 10.7. The van der Waals surface area contributed by atoms with Crippen molar-refractivity contribution in [3.05, 3.63) is 53.6 Å². The van der Waals surface area contributed by atoms with E-state index in [1.807, 2.05) is 38.1 Å². The molecule has 1 unspecified atom stereocenters. The predicted molar refractivity (Wildman–Crippen MR) is 117 cm³/mol. The lowest BCUT2D eigenvalue weighted by Gasteiger charge is -2.17. The maximum Gasteiger partial charge on any atom is 0.339 e. The van der Waals surface area contributed by atoms with E-state index in [0.29, 0.717) is 29.7 Å². The number of para-hydroxylation sites is 1. The molecule has 0 saturated heterocycles. The van der Waals surface area contributed by atoms with Gasteiger partial charge in [0, 0.05) is 5.69 Å². The standard InChI is InChI=1S/C24H31NO5/c1-15(2)14-29-21-12-11-18(13-22(21)28-6)24(27)30-17(5)23(26)25-20-10-8-7-9-19(20)16(3)4/h7-13,15-17H,14H2,1-6H3,(H,25,26). The Balaban J connectivity index is 2.05. The Hall–Kier alpha value is -3.02. The first-order valence-electron chi connectivity index (χ1n) is 10.1. The van der Waals surface area contributed by atoms with Crippen LogP contribution in [0.15, 0.2) is 42.5 Å². The number of nitrogens with one attached hydrogen (secondary N) is 1. The van der Waals surface area contributed by atoms with Gasteiger partial charge in [0.15, 0.2) is 17.6 Å². The summed E-state index contributed by atoms with van der Waals surface area (Å²) in [4.78, 5) is 25.1. The molecule has 0 radical (unpaired) electrons. The SMILES string of the molecule is COc1cc(C(=O)OC(C)C(=O)Nc2ccccc2C(C)C)ccc1OCC(C)C. The molecule has 1 amide bonds. The highest BCUT2D eigenvalue weighted by atomic mass is 16.5. The maximum atomic E-state index is 12.5. The molecule has 0 aliphatic carbocycles. The predicted octanol–water partition coefficient (Wildman–Crippen LogP) is 5.04. The lowest BCUT2D eigenvalue weighted by molar-refractivity contribution is -0.123. The molecule has 0 bridgehead atoms.